The third-order valence-electron chi connectivity index (χ3n) is 2.52. The first-order chi connectivity index (χ1) is 5.99. The molecule has 1 saturated carbocycles. The Balaban J connectivity index is 2.15. The fourth-order valence-corrected chi connectivity index (χ4v) is 1.94. The summed E-state index contributed by atoms with van der Waals surface area (Å²) < 4.78 is 10.9. The lowest BCUT2D eigenvalue weighted by Gasteiger charge is -2.24. The van der Waals surface area contributed by atoms with Crippen molar-refractivity contribution in [2.45, 2.75) is 50.8 Å². The Morgan fingerprint density at radius 2 is 2.08 bits per heavy atom. The summed E-state index contributed by atoms with van der Waals surface area (Å²) >= 11 is 0. The van der Waals surface area contributed by atoms with Crippen molar-refractivity contribution < 1.29 is 19.4 Å². The van der Waals surface area contributed by atoms with Gasteiger partial charge in [0, 0.05) is 0 Å². The molecule has 0 bridgehead atoms. The number of fused-ring (bicyclic) bond motifs is 1. The second-order valence-electron chi connectivity index (χ2n) is 4.09. The summed E-state index contributed by atoms with van der Waals surface area (Å²) in [6, 6.07) is 0. The van der Waals surface area contributed by atoms with E-state index in [2.05, 4.69) is 0 Å². The zero-order valence-corrected chi connectivity index (χ0v) is 7.82. The van der Waals surface area contributed by atoms with Crippen molar-refractivity contribution in [3.05, 3.63) is 0 Å². The molecule has 2 rings (SSSR count). The van der Waals surface area contributed by atoms with Gasteiger partial charge in [-0.15, -0.1) is 0 Å². The topological polar surface area (TPSA) is 55.8 Å². The van der Waals surface area contributed by atoms with Gasteiger partial charge in [0.25, 0.3) is 0 Å². The highest BCUT2D eigenvalue weighted by atomic mass is 16.8. The van der Waals surface area contributed by atoms with E-state index in [0.29, 0.717) is 12.8 Å². The highest BCUT2D eigenvalue weighted by molar-refractivity contribution is 5.88. The zero-order chi connectivity index (χ0) is 9.64. The molecule has 0 aromatic rings. The molecule has 1 heterocycles. The SMILES string of the molecule is CC1(C)O[C@H]2CC[C@@H](O)C(=O)[C@H]2O1. The van der Waals surface area contributed by atoms with Gasteiger partial charge in [-0.05, 0) is 26.7 Å². The molecule has 2 aliphatic rings. The highest BCUT2D eigenvalue weighted by Crippen LogP contribution is 2.34. The predicted molar refractivity (Wildman–Crippen MR) is 44.1 cm³/mol. The van der Waals surface area contributed by atoms with E-state index in [1.54, 1.807) is 13.8 Å². The van der Waals surface area contributed by atoms with Crippen LogP contribution >= 0.6 is 0 Å². The number of ketones is 1. The van der Waals surface area contributed by atoms with Crippen molar-refractivity contribution >= 4 is 5.78 Å². The number of carbonyl (C=O) groups excluding carboxylic acids is 1. The Morgan fingerprint density at radius 1 is 1.38 bits per heavy atom. The molecule has 0 aromatic heterocycles. The first kappa shape index (κ1) is 9.12. The predicted octanol–water partition coefficient (Wildman–Crippen LogP) is 0.230. The summed E-state index contributed by atoms with van der Waals surface area (Å²) in [4.78, 5) is 11.4. The Bertz CT molecular complexity index is 236. The van der Waals surface area contributed by atoms with Crippen LogP contribution in [0.5, 0.6) is 0 Å². The summed E-state index contributed by atoms with van der Waals surface area (Å²) in [5, 5.41) is 9.31. The number of ether oxygens (including phenoxy) is 2. The van der Waals surface area contributed by atoms with Crippen LogP contribution in [0.4, 0.5) is 0 Å². The second kappa shape index (κ2) is 2.77. The quantitative estimate of drug-likeness (QED) is 0.588. The Kier molecular flexibility index (Phi) is 1.94. The smallest absolute Gasteiger partial charge is 0.192 e. The van der Waals surface area contributed by atoms with Crippen molar-refractivity contribution in [1.29, 1.82) is 0 Å². The van der Waals surface area contributed by atoms with Crippen LogP contribution in [-0.2, 0) is 14.3 Å². The minimum atomic E-state index is -0.862. The standard InChI is InChI=1S/C9H14O4/c1-9(2)12-6-4-3-5(10)7(11)8(6)13-9/h5-6,8,10H,3-4H2,1-2H3/t5-,6+,8+/m1/s1. The third kappa shape index (κ3) is 1.49. The number of hydrogen-bond donors (Lipinski definition) is 1. The van der Waals surface area contributed by atoms with Gasteiger partial charge < -0.3 is 14.6 Å². The molecule has 1 aliphatic carbocycles. The molecular formula is C9H14O4. The average Bonchev–Trinajstić information content (AvgIpc) is 2.34. The van der Waals surface area contributed by atoms with Gasteiger partial charge in [0.1, 0.15) is 12.2 Å². The molecule has 0 aromatic carbocycles. The molecule has 74 valence electrons. The molecule has 0 spiro atoms. The van der Waals surface area contributed by atoms with Gasteiger partial charge in [0.2, 0.25) is 0 Å². The molecule has 2 fully saturated rings. The van der Waals surface area contributed by atoms with Crippen LogP contribution in [0.15, 0.2) is 0 Å². The summed E-state index contributed by atoms with van der Waals surface area (Å²) in [6.07, 6.45) is -0.399. The molecule has 1 aliphatic heterocycles. The third-order valence-corrected chi connectivity index (χ3v) is 2.52. The Morgan fingerprint density at radius 3 is 2.77 bits per heavy atom. The lowest BCUT2D eigenvalue weighted by molar-refractivity contribution is -0.156. The van der Waals surface area contributed by atoms with Crippen molar-refractivity contribution in [2.75, 3.05) is 0 Å². The maximum atomic E-state index is 11.4. The normalized spacial score (nSPS) is 43.3. The van der Waals surface area contributed by atoms with E-state index >= 15 is 0 Å². The van der Waals surface area contributed by atoms with Crippen LogP contribution in [0.2, 0.25) is 0 Å². The number of aliphatic hydroxyl groups excluding tert-OH is 1. The first-order valence-electron chi connectivity index (χ1n) is 4.57. The lowest BCUT2D eigenvalue weighted by atomic mass is 9.91. The minimum Gasteiger partial charge on any atom is -0.385 e. The van der Waals surface area contributed by atoms with E-state index in [4.69, 9.17) is 9.47 Å². The van der Waals surface area contributed by atoms with Crippen LogP contribution in [0, 0.1) is 0 Å². The van der Waals surface area contributed by atoms with E-state index in [1.165, 1.54) is 0 Å². The van der Waals surface area contributed by atoms with Crippen LogP contribution in [0.3, 0.4) is 0 Å². The molecule has 1 saturated heterocycles. The molecule has 4 nitrogen and oxygen atoms in total. The number of aliphatic hydroxyl groups is 1. The fourth-order valence-electron chi connectivity index (χ4n) is 1.94. The van der Waals surface area contributed by atoms with Crippen molar-refractivity contribution in [3.8, 4) is 0 Å². The molecule has 0 radical (unpaired) electrons. The molecule has 3 atom stereocenters. The molecular weight excluding hydrogens is 172 g/mol. The van der Waals surface area contributed by atoms with Gasteiger partial charge >= 0.3 is 0 Å². The fraction of sp³-hybridized carbons (Fsp3) is 0.889. The van der Waals surface area contributed by atoms with Gasteiger partial charge in [0.15, 0.2) is 11.6 Å². The van der Waals surface area contributed by atoms with Gasteiger partial charge in [-0.25, -0.2) is 0 Å². The van der Waals surface area contributed by atoms with Gasteiger partial charge in [-0.1, -0.05) is 0 Å². The largest absolute Gasteiger partial charge is 0.385 e. The van der Waals surface area contributed by atoms with Crippen LogP contribution in [0.25, 0.3) is 0 Å². The van der Waals surface area contributed by atoms with E-state index < -0.39 is 18.0 Å². The maximum absolute atomic E-state index is 11.4. The number of rotatable bonds is 0. The average molecular weight is 186 g/mol. The minimum absolute atomic E-state index is 0.161. The van der Waals surface area contributed by atoms with Crippen LogP contribution < -0.4 is 0 Å². The summed E-state index contributed by atoms with van der Waals surface area (Å²) in [7, 11) is 0. The van der Waals surface area contributed by atoms with Crippen LogP contribution in [-0.4, -0.2) is 35.0 Å². The van der Waals surface area contributed by atoms with Crippen molar-refractivity contribution in [3.63, 3.8) is 0 Å². The lowest BCUT2D eigenvalue weighted by Crippen LogP contribution is -2.43. The monoisotopic (exact) mass is 186 g/mol. The van der Waals surface area contributed by atoms with E-state index in [1.807, 2.05) is 0 Å². The van der Waals surface area contributed by atoms with Gasteiger partial charge in [0.05, 0.1) is 6.10 Å². The molecule has 1 N–H and O–H groups in total. The molecule has 4 heteroatoms. The van der Waals surface area contributed by atoms with Gasteiger partial charge in [-0.2, -0.15) is 0 Å². The summed E-state index contributed by atoms with van der Waals surface area (Å²) in [5.74, 6) is -0.920. The van der Waals surface area contributed by atoms with Crippen molar-refractivity contribution in [2.24, 2.45) is 0 Å². The molecule has 0 amide bonds. The maximum Gasteiger partial charge on any atom is 0.192 e. The Hall–Kier alpha value is -0.450. The van der Waals surface area contributed by atoms with Crippen molar-refractivity contribution in [1.82, 2.24) is 0 Å². The molecule has 13 heavy (non-hydrogen) atoms. The second-order valence-corrected chi connectivity index (χ2v) is 4.09. The summed E-state index contributed by atoms with van der Waals surface area (Å²) in [6.45, 7) is 3.57. The Labute approximate surface area is 76.8 Å². The van der Waals surface area contributed by atoms with E-state index in [0.717, 1.165) is 0 Å². The summed E-state index contributed by atoms with van der Waals surface area (Å²) in [5.41, 5.74) is 0. The number of carbonyl (C=O) groups is 1. The number of Topliss-reactive ketones (excluding diaryl/α,β-unsaturated/α-hetero) is 1. The van der Waals surface area contributed by atoms with Crippen LogP contribution in [0.1, 0.15) is 26.7 Å². The number of hydrogen-bond acceptors (Lipinski definition) is 4. The zero-order valence-electron chi connectivity index (χ0n) is 7.82. The van der Waals surface area contributed by atoms with E-state index in [9.17, 15) is 9.90 Å². The van der Waals surface area contributed by atoms with Gasteiger partial charge in [-0.3, -0.25) is 4.79 Å². The van der Waals surface area contributed by atoms with E-state index in [-0.39, 0.29) is 11.9 Å². The highest BCUT2D eigenvalue weighted by Gasteiger charge is 2.49. The first-order valence-corrected chi connectivity index (χ1v) is 4.57. The molecule has 0 unspecified atom stereocenters.